The Morgan fingerprint density at radius 2 is 1.62 bits per heavy atom. The molecule has 3 aromatic rings. The van der Waals surface area contributed by atoms with Crippen LogP contribution in [0.15, 0.2) is 78.5 Å². The molecular weight excluding hydrogens is 404 g/mol. The maximum Gasteiger partial charge on any atom is 0.282 e. The third-order valence-electron chi connectivity index (χ3n) is 5.17. The Labute approximate surface area is 187 Å². The van der Waals surface area contributed by atoms with Crippen LogP contribution in [-0.4, -0.2) is 25.5 Å². The number of carbonyl (C=O) groups excluding carboxylic acids is 2. The number of ether oxygens (including phenoxy) is 2. The number of nitrogens with zero attached hydrogens (tertiary/aromatic N) is 1. The second-order valence-corrected chi connectivity index (χ2v) is 7.32. The van der Waals surface area contributed by atoms with Crippen LogP contribution in [-0.2, 0) is 9.59 Å². The van der Waals surface area contributed by atoms with E-state index in [0.717, 1.165) is 5.56 Å². The van der Waals surface area contributed by atoms with Gasteiger partial charge in [-0.2, -0.15) is 0 Å². The molecule has 0 aliphatic carbocycles. The number of nitrogens with one attached hydrogen (secondary N) is 1. The largest absolute Gasteiger partial charge is 0.495 e. The molecule has 0 bridgehead atoms. The average molecular weight is 428 g/mol. The minimum atomic E-state index is -0.429. The molecular formula is C26H24N2O4. The van der Waals surface area contributed by atoms with E-state index in [1.54, 1.807) is 31.4 Å². The van der Waals surface area contributed by atoms with Crippen molar-refractivity contribution in [2.45, 2.75) is 13.8 Å². The van der Waals surface area contributed by atoms with Crippen LogP contribution < -0.4 is 19.7 Å². The Morgan fingerprint density at radius 1 is 0.906 bits per heavy atom. The molecule has 3 aromatic carbocycles. The molecule has 0 atom stereocenters. The Morgan fingerprint density at radius 3 is 2.28 bits per heavy atom. The number of amides is 2. The van der Waals surface area contributed by atoms with Gasteiger partial charge in [-0.1, -0.05) is 36.4 Å². The summed E-state index contributed by atoms with van der Waals surface area (Å²) in [5.41, 5.74) is 3.27. The first-order valence-electron chi connectivity index (χ1n) is 10.4. The zero-order valence-corrected chi connectivity index (χ0v) is 18.2. The van der Waals surface area contributed by atoms with Gasteiger partial charge >= 0.3 is 0 Å². The highest BCUT2D eigenvalue weighted by molar-refractivity contribution is 6.46. The van der Waals surface area contributed by atoms with Gasteiger partial charge in [-0.25, -0.2) is 4.90 Å². The summed E-state index contributed by atoms with van der Waals surface area (Å²) >= 11 is 0. The monoisotopic (exact) mass is 428 g/mol. The van der Waals surface area contributed by atoms with Gasteiger partial charge in [0, 0.05) is 0 Å². The van der Waals surface area contributed by atoms with Crippen LogP contribution in [0.2, 0.25) is 0 Å². The van der Waals surface area contributed by atoms with Gasteiger partial charge in [0.2, 0.25) is 0 Å². The summed E-state index contributed by atoms with van der Waals surface area (Å²) in [5.74, 6) is 0.436. The van der Waals surface area contributed by atoms with Crippen LogP contribution in [0.25, 0.3) is 5.57 Å². The highest BCUT2D eigenvalue weighted by Crippen LogP contribution is 2.36. The maximum atomic E-state index is 13.5. The van der Waals surface area contributed by atoms with E-state index < -0.39 is 5.91 Å². The third kappa shape index (κ3) is 3.95. The van der Waals surface area contributed by atoms with E-state index in [2.05, 4.69) is 5.32 Å². The molecule has 1 N–H and O–H groups in total. The molecule has 1 aliphatic rings. The first-order chi connectivity index (χ1) is 15.5. The van der Waals surface area contributed by atoms with E-state index in [4.69, 9.17) is 9.47 Å². The van der Waals surface area contributed by atoms with Crippen molar-refractivity contribution < 1.29 is 19.1 Å². The number of hydrogen-bond donors (Lipinski definition) is 1. The number of anilines is 2. The number of benzene rings is 3. The predicted molar refractivity (Wildman–Crippen MR) is 125 cm³/mol. The first kappa shape index (κ1) is 21.2. The number of hydrogen-bond acceptors (Lipinski definition) is 5. The Bertz CT molecular complexity index is 1180. The normalized spacial score (nSPS) is 13.5. The van der Waals surface area contributed by atoms with E-state index >= 15 is 0 Å². The smallest absolute Gasteiger partial charge is 0.282 e. The second kappa shape index (κ2) is 8.98. The van der Waals surface area contributed by atoms with Crippen molar-refractivity contribution in [1.29, 1.82) is 0 Å². The van der Waals surface area contributed by atoms with Crippen LogP contribution in [0.3, 0.4) is 0 Å². The van der Waals surface area contributed by atoms with Gasteiger partial charge in [0.1, 0.15) is 17.2 Å². The Kier molecular flexibility index (Phi) is 5.94. The van der Waals surface area contributed by atoms with Crippen LogP contribution >= 0.6 is 0 Å². The molecule has 0 radical (unpaired) electrons. The standard InChI is InChI=1S/C26H24N2O4/c1-4-32-20-13-11-19(12-14-20)28-25(29)23(18-8-6-5-7-9-18)24(26(28)30)27-21-16-17(2)10-15-22(21)31-3/h5-16,27H,4H2,1-3H3. The minimum Gasteiger partial charge on any atom is -0.495 e. The lowest BCUT2D eigenvalue weighted by Gasteiger charge is -2.16. The lowest BCUT2D eigenvalue weighted by molar-refractivity contribution is -0.120. The first-order valence-corrected chi connectivity index (χ1v) is 10.4. The minimum absolute atomic E-state index is 0.207. The molecule has 4 rings (SSSR count). The average Bonchev–Trinajstić information content (AvgIpc) is 3.05. The van der Waals surface area contributed by atoms with E-state index in [9.17, 15) is 9.59 Å². The molecule has 0 aromatic heterocycles. The molecule has 0 saturated heterocycles. The zero-order chi connectivity index (χ0) is 22.7. The number of methoxy groups -OCH3 is 1. The van der Waals surface area contributed by atoms with Crippen LogP contribution in [0, 0.1) is 6.92 Å². The van der Waals surface area contributed by atoms with Crippen molar-refractivity contribution in [3.05, 3.63) is 89.6 Å². The maximum absolute atomic E-state index is 13.5. The van der Waals surface area contributed by atoms with E-state index in [0.29, 0.717) is 40.6 Å². The van der Waals surface area contributed by atoms with Crippen LogP contribution in [0.5, 0.6) is 11.5 Å². The summed E-state index contributed by atoms with van der Waals surface area (Å²) in [7, 11) is 1.57. The summed E-state index contributed by atoms with van der Waals surface area (Å²) < 4.78 is 10.9. The van der Waals surface area contributed by atoms with Gasteiger partial charge in [-0.05, 0) is 61.4 Å². The van der Waals surface area contributed by atoms with E-state index in [-0.39, 0.29) is 11.6 Å². The molecule has 0 fully saturated rings. The highest BCUT2D eigenvalue weighted by Gasteiger charge is 2.40. The lowest BCUT2D eigenvalue weighted by Crippen LogP contribution is -2.32. The highest BCUT2D eigenvalue weighted by atomic mass is 16.5. The summed E-state index contributed by atoms with van der Waals surface area (Å²) in [4.78, 5) is 28.2. The topological polar surface area (TPSA) is 67.9 Å². The van der Waals surface area contributed by atoms with Crippen molar-refractivity contribution in [3.8, 4) is 11.5 Å². The summed E-state index contributed by atoms with van der Waals surface area (Å²) in [6.45, 7) is 4.38. The predicted octanol–water partition coefficient (Wildman–Crippen LogP) is 4.80. The zero-order valence-electron chi connectivity index (χ0n) is 18.2. The van der Waals surface area contributed by atoms with E-state index in [1.165, 1.54) is 4.90 Å². The number of aryl methyl sites for hydroxylation is 1. The molecule has 6 nitrogen and oxygen atoms in total. The quantitative estimate of drug-likeness (QED) is 0.548. The van der Waals surface area contributed by atoms with Gasteiger partial charge < -0.3 is 14.8 Å². The molecule has 1 aliphatic heterocycles. The Balaban J connectivity index is 1.79. The van der Waals surface area contributed by atoms with Gasteiger partial charge in [0.05, 0.1) is 30.7 Å². The second-order valence-electron chi connectivity index (χ2n) is 7.32. The van der Waals surface area contributed by atoms with Crippen molar-refractivity contribution in [1.82, 2.24) is 0 Å². The molecule has 32 heavy (non-hydrogen) atoms. The van der Waals surface area contributed by atoms with E-state index in [1.807, 2.05) is 62.4 Å². The molecule has 162 valence electrons. The molecule has 0 unspecified atom stereocenters. The van der Waals surface area contributed by atoms with Crippen molar-refractivity contribution in [2.75, 3.05) is 23.9 Å². The van der Waals surface area contributed by atoms with Gasteiger partial charge in [0.15, 0.2) is 0 Å². The molecule has 2 amide bonds. The molecule has 0 spiro atoms. The Hall–Kier alpha value is -4.06. The van der Waals surface area contributed by atoms with Gasteiger partial charge in [0.25, 0.3) is 11.8 Å². The van der Waals surface area contributed by atoms with Crippen molar-refractivity contribution in [2.24, 2.45) is 0 Å². The SMILES string of the molecule is CCOc1ccc(N2C(=O)C(Nc3cc(C)ccc3OC)=C(c3ccccc3)C2=O)cc1. The summed E-state index contributed by atoms with van der Waals surface area (Å²) in [6, 6.07) is 21.7. The fourth-order valence-corrected chi connectivity index (χ4v) is 3.67. The van der Waals surface area contributed by atoms with Crippen LogP contribution in [0.4, 0.5) is 11.4 Å². The fourth-order valence-electron chi connectivity index (χ4n) is 3.67. The molecule has 6 heteroatoms. The van der Waals surface area contributed by atoms with Crippen molar-refractivity contribution in [3.63, 3.8) is 0 Å². The lowest BCUT2D eigenvalue weighted by atomic mass is 10.0. The van der Waals surface area contributed by atoms with Crippen LogP contribution in [0.1, 0.15) is 18.1 Å². The third-order valence-corrected chi connectivity index (χ3v) is 5.17. The van der Waals surface area contributed by atoms with Gasteiger partial charge in [-0.3, -0.25) is 9.59 Å². The number of carbonyl (C=O) groups is 2. The van der Waals surface area contributed by atoms with Gasteiger partial charge in [-0.15, -0.1) is 0 Å². The fraction of sp³-hybridized carbons (Fsp3) is 0.154. The summed E-state index contributed by atoms with van der Waals surface area (Å²) in [5, 5.41) is 3.18. The van der Waals surface area contributed by atoms with Crippen molar-refractivity contribution >= 4 is 28.8 Å². The molecule has 0 saturated carbocycles. The summed E-state index contributed by atoms with van der Waals surface area (Å²) in [6.07, 6.45) is 0. The molecule has 1 heterocycles. The number of imide groups is 1. The number of rotatable bonds is 7.